The van der Waals surface area contributed by atoms with Gasteiger partial charge >= 0.3 is 5.97 Å². The lowest BCUT2D eigenvalue weighted by molar-refractivity contribution is 0.0529. The first-order valence-electron chi connectivity index (χ1n) is 6.70. The van der Waals surface area contributed by atoms with Gasteiger partial charge in [-0.15, -0.1) is 0 Å². The number of carbonyl (C=O) groups excluding carboxylic acids is 1. The molecule has 3 aromatic rings. The van der Waals surface area contributed by atoms with Gasteiger partial charge in [0, 0.05) is 22.5 Å². The summed E-state index contributed by atoms with van der Waals surface area (Å²) in [5.74, 6) is -0.605. The van der Waals surface area contributed by atoms with Crippen LogP contribution in [0.1, 0.15) is 17.3 Å². The van der Waals surface area contributed by atoms with Gasteiger partial charge in [0.1, 0.15) is 5.52 Å². The third-order valence-electron chi connectivity index (χ3n) is 3.44. The number of ether oxygens (including phenoxy) is 1. The fraction of sp³-hybridized carbons (Fsp3) is 0.143. The normalized spacial score (nSPS) is 11.9. The minimum atomic E-state index is -3.92. The fourth-order valence-electron chi connectivity index (χ4n) is 2.45. The molecule has 0 spiro atoms. The summed E-state index contributed by atoms with van der Waals surface area (Å²) in [5.41, 5.74) is 0.281. The summed E-state index contributed by atoms with van der Waals surface area (Å²) in [6.45, 7) is 1.84. The van der Waals surface area contributed by atoms with Gasteiger partial charge in [0.05, 0.1) is 17.1 Å². The van der Waals surface area contributed by atoms with Crippen LogP contribution < -0.4 is 10.7 Å². The summed E-state index contributed by atoms with van der Waals surface area (Å²) < 4.78 is 28.1. The number of hydrogen-bond donors (Lipinski definition) is 3. The number of carbonyl (C=O) groups is 1. The van der Waals surface area contributed by atoms with E-state index in [4.69, 9.17) is 9.88 Å². The number of pyridine rings is 1. The second-order valence-electron chi connectivity index (χ2n) is 4.88. The lowest BCUT2D eigenvalue weighted by Gasteiger charge is -2.05. The number of aromatic nitrogens is 2. The molecule has 0 amide bonds. The molecule has 0 aliphatic rings. The lowest BCUT2D eigenvalue weighted by Crippen LogP contribution is -2.13. The van der Waals surface area contributed by atoms with Crippen LogP contribution in [-0.4, -0.2) is 31.0 Å². The number of benzene rings is 1. The maximum atomic E-state index is 12.1. The zero-order valence-corrected chi connectivity index (χ0v) is 12.9. The Kier molecular flexibility index (Phi) is 3.46. The Balaban J connectivity index is 2.45. The summed E-state index contributed by atoms with van der Waals surface area (Å²) in [5, 5.41) is 5.83. The Morgan fingerprint density at radius 2 is 2.09 bits per heavy atom. The number of esters is 1. The van der Waals surface area contributed by atoms with Crippen molar-refractivity contribution in [3.8, 4) is 0 Å². The van der Waals surface area contributed by atoms with Crippen molar-refractivity contribution in [3.63, 3.8) is 0 Å². The SMILES string of the molecule is CCOC(=O)c1c[nH]c2c(=O)[nH]c3ccc(S(N)(=O)=O)cc3c12. The summed E-state index contributed by atoms with van der Waals surface area (Å²) in [7, 11) is -3.92. The molecule has 0 atom stereocenters. The second-order valence-corrected chi connectivity index (χ2v) is 6.44. The van der Waals surface area contributed by atoms with Crippen molar-refractivity contribution < 1.29 is 17.9 Å². The van der Waals surface area contributed by atoms with Crippen LogP contribution in [0.15, 0.2) is 34.1 Å². The molecule has 23 heavy (non-hydrogen) atoms. The molecule has 3 rings (SSSR count). The van der Waals surface area contributed by atoms with Gasteiger partial charge in [0.25, 0.3) is 5.56 Å². The third-order valence-corrected chi connectivity index (χ3v) is 4.35. The predicted octanol–water partition coefficient (Wildman–Crippen LogP) is 0.833. The molecule has 0 bridgehead atoms. The number of sulfonamides is 1. The van der Waals surface area contributed by atoms with E-state index in [1.165, 1.54) is 24.4 Å². The van der Waals surface area contributed by atoms with Gasteiger partial charge in [-0.2, -0.15) is 0 Å². The van der Waals surface area contributed by atoms with Crippen molar-refractivity contribution in [2.24, 2.45) is 5.14 Å². The van der Waals surface area contributed by atoms with E-state index < -0.39 is 21.6 Å². The number of aromatic amines is 2. The Morgan fingerprint density at radius 1 is 1.35 bits per heavy atom. The van der Waals surface area contributed by atoms with Gasteiger partial charge in [-0.1, -0.05) is 0 Å². The van der Waals surface area contributed by atoms with E-state index in [0.717, 1.165) is 0 Å². The Hall–Kier alpha value is -2.65. The molecule has 120 valence electrons. The molecule has 1 aromatic carbocycles. The highest BCUT2D eigenvalue weighted by molar-refractivity contribution is 7.89. The maximum Gasteiger partial charge on any atom is 0.340 e. The second kappa shape index (κ2) is 5.21. The first-order chi connectivity index (χ1) is 10.8. The first-order valence-corrected chi connectivity index (χ1v) is 8.24. The first kappa shape index (κ1) is 15.3. The highest BCUT2D eigenvalue weighted by Gasteiger charge is 2.19. The quantitative estimate of drug-likeness (QED) is 0.609. The van der Waals surface area contributed by atoms with Gasteiger partial charge in [0.15, 0.2) is 0 Å². The molecule has 0 aliphatic heterocycles. The van der Waals surface area contributed by atoms with E-state index in [9.17, 15) is 18.0 Å². The Morgan fingerprint density at radius 3 is 2.74 bits per heavy atom. The number of rotatable bonds is 3. The van der Waals surface area contributed by atoms with Crippen molar-refractivity contribution in [2.45, 2.75) is 11.8 Å². The van der Waals surface area contributed by atoms with Crippen LogP contribution in [0.5, 0.6) is 0 Å². The van der Waals surface area contributed by atoms with Crippen LogP contribution in [0.25, 0.3) is 21.8 Å². The predicted molar refractivity (Wildman–Crippen MR) is 83.8 cm³/mol. The molecule has 0 saturated heterocycles. The molecule has 2 heterocycles. The van der Waals surface area contributed by atoms with Crippen LogP contribution in [0.3, 0.4) is 0 Å². The Labute approximate surface area is 130 Å². The summed E-state index contributed by atoms with van der Waals surface area (Å²) in [4.78, 5) is 29.4. The minimum absolute atomic E-state index is 0.116. The van der Waals surface area contributed by atoms with Crippen molar-refractivity contribution in [1.29, 1.82) is 0 Å². The topological polar surface area (TPSA) is 135 Å². The summed E-state index contributed by atoms with van der Waals surface area (Å²) in [6.07, 6.45) is 1.36. The van der Waals surface area contributed by atoms with Crippen molar-refractivity contribution in [2.75, 3.05) is 6.61 Å². The summed E-state index contributed by atoms with van der Waals surface area (Å²) >= 11 is 0. The number of hydrogen-bond acceptors (Lipinski definition) is 5. The maximum absolute atomic E-state index is 12.1. The molecule has 0 fully saturated rings. The molecule has 0 radical (unpaired) electrons. The van der Waals surface area contributed by atoms with E-state index in [1.54, 1.807) is 6.92 Å². The fourth-order valence-corrected chi connectivity index (χ4v) is 2.99. The smallest absolute Gasteiger partial charge is 0.340 e. The monoisotopic (exact) mass is 335 g/mol. The third kappa shape index (κ3) is 2.49. The van der Waals surface area contributed by atoms with E-state index in [2.05, 4.69) is 9.97 Å². The van der Waals surface area contributed by atoms with Crippen molar-refractivity contribution in [1.82, 2.24) is 9.97 Å². The van der Waals surface area contributed by atoms with E-state index in [0.29, 0.717) is 16.3 Å². The standard InChI is InChI=1S/C14H13N3O5S/c1-2-22-14(19)9-6-16-12-11(9)8-5-7(23(15,20)21)3-4-10(8)17-13(12)18/h3-6,16H,2H2,1H3,(H,17,18)(H2,15,20,21). The average Bonchev–Trinajstić information content (AvgIpc) is 2.92. The van der Waals surface area contributed by atoms with E-state index >= 15 is 0 Å². The minimum Gasteiger partial charge on any atom is -0.462 e. The molecular formula is C14H13N3O5S. The molecule has 0 unspecified atom stereocenters. The molecule has 0 saturated carbocycles. The summed E-state index contributed by atoms with van der Waals surface area (Å²) in [6, 6.07) is 4.04. The number of fused-ring (bicyclic) bond motifs is 3. The number of primary sulfonamides is 1. The largest absolute Gasteiger partial charge is 0.462 e. The van der Waals surface area contributed by atoms with Gasteiger partial charge < -0.3 is 14.7 Å². The highest BCUT2D eigenvalue weighted by atomic mass is 32.2. The van der Waals surface area contributed by atoms with Gasteiger partial charge in [-0.05, 0) is 25.1 Å². The van der Waals surface area contributed by atoms with Crippen LogP contribution in [-0.2, 0) is 14.8 Å². The van der Waals surface area contributed by atoms with E-state index in [1.807, 2.05) is 0 Å². The van der Waals surface area contributed by atoms with Crippen LogP contribution >= 0.6 is 0 Å². The lowest BCUT2D eigenvalue weighted by atomic mass is 10.1. The van der Waals surface area contributed by atoms with Gasteiger partial charge in [-0.25, -0.2) is 18.4 Å². The molecular weight excluding hydrogens is 322 g/mol. The molecule has 2 aromatic heterocycles. The zero-order valence-electron chi connectivity index (χ0n) is 12.0. The molecule has 8 nitrogen and oxygen atoms in total. The van der Waals surface area contributed by atoms with Gasteiger partial charge in [-0.3, -0.25) is 4.79 Å². The zero-order chi connectivity index (χ0) is 16.8. The number of nitrogens with two attached hydrogens (primary N) is 1. The number of H-pyrrole nitrogens is 2. The van der Waals surface area contributed by atoms with Crippen LogP contribution in [0, 0.1) is 0 Å². The van der Waals surface area contributed by atoms with Crippen LogP contribution in [0.4, 0.5) is 0 Å². The van der Waals surface area contributed by atoms with Crippen molar-refractivity contribution in [3.05, 3.63) is 40.3 Å². The van der Waals surface area contributed by atoms with E-state index in [-0.39, 0.29) is 22.6 Å². The average molecular weight is 335 g/mol. The molecule has 9 heteroatoms. The molecule has 4 N–H and O–H groups in total. The molecule has 0 aliphatic carbocycles. The van der Waals surface area contributed by atoms with Gasteiger partial charge in [0.2, 0.25) is 10.0 Å². The van der Waals surface area contributed by atoms with Crippen LogP contribution in [0.2, 0.25) is 0 Å². The number of nitrogens with one attached hydrogen (secondary N) is 2. The highest BCUT2D eigenvalue weighted by Crippen LogP contribution is 2.27. The van der Waals surface area contributed by atoms with Crippen molar-refractivity contribution >= 4 is 37.8 Å². The Bertz CT molecular complexity index is 1090.